The normalized spacial score (nSPS) is 14.9. The number of fused-ring (bicyclic) bond motifs is 3. The predicted octanol–water partition coefficient (Wildman–Crippen LogP) is 14.0. The number of aromatic nitrogens is 3. The summed E-state index contributed by atoms with van der Waals surface area (Å²) in [7, 11) is 0. The highest BCUT2D eigenvalue weighted by Crippen LogP contribution is 2.59. The molecule has 1 aliphatic rings. The number of imidazole rings is 1. The minimum atomic E-state index is -0.496. The van der Waals surface area contributed by atoms with E-state index in [2.05, 4.69) is 187 Å². The van der Waals surface area contributed by atoms with E-state index in [-0.39, 0.29) is 16.2 Å². The van der Waals surface area contributed by atoms with Gasteiger partial charge in [-0.05, 0) is 113 Å². The van der Waals surface area contributed by atoms with Crippen LogP contribution in [-0.4, -0.2) is 19.6 Å². The molecule has 5 heteroatoms. The fourth-order valence-corrected chi connectivity index (χ4v) is 8.63. The Hall–Kier alpha value is -5.16. The molecule has 0 bridgehead atoms. The van der Waals surface area contributed by atoms with Crippen molar-refractivity contribution in [2.45, 2.75) is 131 Å². The molecular weight excluding hydrogens is 699 g/mol. The quantitative estimate of drug-likeness (QED) is 0.190. The zero-order chi connectivity index (χ0) is 41.6. The number of aromatic hydroxyl groups is 1. The van der Waals surface area contributed by atoms with Crippen LogP contribution >= 0.6 is 0 Å². The number of aryl methyl sites for hydroxylation is 2. The molecule has 4 aromatic carbocycles. The molecule has 1 aliphatic heterocycles. The first-order chi connectivity index (χ1) is 26.4. The smallest absolute Gasteiger partial charge is 0.246 e. The van der Waals surface area contributed by atoms with Crippen molar-refractivity contribution in [2.75, 3.05) is 0 Å². The van der Waals surface area contributed by atoms with E-state index in [1.165, 1.54) is 5.56 Å². The van der Waals surface area contributed by atoms with Gasteiger partial charge < -0.3 is 14.4 Å². The van der Waals surface area contributed by atoms with Crippen LogP contribution in [-0.2, 0) is 27.2 Å². The summed E-state index contributed by atoms with van der Waals surface area (Å²) in [4.78, 5) is 10.4. The summed E-state index contributed by atoms with van der Waals surface area (Å²) < 4.78 is 9.58. The van der Waals surface area contributed by atoms with Crippen LogP contribution < -0.4 is 4.74 Å². The minimum absolute atomic E-state index is 0.169. The maximum absolute atomic E-state index is 12.6. The standard InChI is InChI=1S/C52H61N3O2/c1-31-20-19-21-32(2)41(31)44-47(57-37-27-35(26-36(29-37)48(3,4)5)40-28-34(24-25-53-40)33-22-17-16-18-23-33)54-46-42-43(51(12,13)52(14,15)55(44)46)38(49(6,7)8)30-39(45(42)56)50(9,10)11/h16-30,56H,1-15H3. The average Bonchev–Trinajstić information content (AvgIpc) is 3.48. The summed E-state index contributed by atoms with van der Waals surface area (Å²) in [5.41, 5.74) is 12.0. The molecule has 296 valence electrons. The molecule has 0 unspecified atom stereocenters. The number of pyridine rings is 1. The Morgan fingerprint density at radius 3 is 1.86 bits per heavy atom. The summed E-state index contributed by atoms with van der Waals surface area (Å²) >= 11 is 0. The van der Waals surface area contributed by atoms with Crippen molar-refractivity contribution in [3.63, 3.8) is 0 Å². The summed E-state index contributed by atoms with van der Waals surface area (Å²) in [5, 5.41) is 12.6. The lowest BCUT2D eigenvalue weighted by molar-refractivity contribution is 0.194. The molecule has 0 saturated carbocycles. The Balaban J connectivity index is 1.55. The molecule has 0 fully saturated rings. The van der Waals surface area contributed by atoms with E-state index >= 15 is 0 Å². The lowest BCUT2D eigenvalue weighted by Gasteiger charge is -2.51. The highest BCUT2D eigenvalue weighted by atomic mass is 16.5. The van der Waals surface area contributed by atoms with Gasteiger partial charge in [-0.1, -0.05) is 131 Å². The second kappa shape index (κ2) is 13.5. The fourth-order valence-electron chi connectivity index (χ4n) is 8.63. The highest BCUT2D eigenvalue weighted by Gasteiger charge is 2.52. The number of ether oxygens (including phenoxy) is 1. The third-order valence-corrected chi connectivity index (χ3v) is 12.6. The maximum atomic E-state index is 12.6. The van der Waals surface area contributed by atoms with Gasteiger partial charge in [0.25, 0.3) is 0 Å². The summed E-state index contributed by atoms with van der Waals surface area (Å²) in [6, 6.07) is 29.8. The third-order valence-electron chi connectivity index (χ3n) is 12.6. The molecule has 2 aromatic heterocycles. The van der Waals surface area contributed by atoms with Gasteiger partial charge in [0.1, 0.15) is 23.0 Å². The molecule has 0 amide bonds. The van der Waals surface area contributed by atoms with Gasteiger partial charge in [-0.25, -0.2) is 0 Å². The molecule has 0 spiro atoms. The fraction of sp³-hybridized carbons (Fsp3) is 0.385. The third kappa shape index (κ3) is 6.77. The van der Waals surface area contributed by atoms with Crippen LogP contribution in [0.3, 0.4) is 0 Å². The molecule has 0 aliphatic carbocycles. The van der Waals surface area contributed by atoms with Crippen LogP contribution in [0.25, 0.3) is 45.0 Å². The van der Waals surface area contributed by atoms with Crippen molar-refractivity contribution in [1.82, 2.24) is 14.5 Å². The van der Waals surface area contributed by atoms with E-state index in [0.29, 0.717) is 17.4 Å². The Kier molecular flexibility index (Phi) is 9.46. The number of phenols is 1. The van der Waals surface area contributed by atoms with Crippen LogP contribution in [0.5, 0.6) is 17.4 Å². The van der Waals surface area contributed by atoms with E-state index in [4.69, 9.17) is 14.7 Å². The van der Waals surface area contributed by atoms with Gasteiger partial charge in [0.15, 0.2) is 0 Å². The van der Waals surface area contributed by atoms with Gasteiger partial charge in [0, 0.05) is 28.3 Å². The van der Waals surface area contributed by atoms with Gasteiger partial charge in [-0.2, -0.15) is 4.98 Å². The molecule has 7 rings (SSSR count). The van der Waals surface area contributed by atoms with Gasteiger partial charge >= 0.3 is 0 Å². The predicted molar refractivity (Wildman–Crippen MR) is 238 cm³/mol. The van der Waals surface area contributed by atoms with Gasteiger partial charge in [0.2, 0.25) is 5.88 Å². The lowest BCUT2D eigenvalue weighted by Crippen LogP contribution is -2.50. The van der Waals surface area contributed by atoms with E-state index in [1.54, 1.807) is 0 Å². The van der Waals surface area contributed by atoms with Crippen LogP contribution in [0.1, 0.15) is 123 Å². The SMILES string of the molecule is Cc1cccc(C)c1-c1c(Oc2cc(-c3cc(-c4ccccc4)ccn3)cc(C(C)(C)C)c2)nc2n1C(C)(C)C(C)(C)c1c(C(C)(C)C)cc(C(C)(C)C)c(O)c1-2. The first kappa shape index (κ1) is 40.1. The van der Waals surface area contributed by atoms with Crippen LogP contribution in [0, 0.1) is 13.8 Å². The number of rotatable bonds is 5. The van der Waals surface area contributed by atoms with E-state index in [1.807, 2.05) is 12.3 Å². The van der Waals surface area contributed by atoms with Gasteiger partial charge in [-0.3, -0.25) is 4.98 Å². The summed E-state index contributed by atoms with van der Waals surface area (Å²) in [6.07, 6.45) is 1.88. The van der Waals surface area contributed by atoms with Crippen molar-refractivity contribution in [2.24, 2.45) is 0 Å². The van der Waals surface area contributed by atoms with E-state index in [0.717, 1.165) is 72.8 Å². The van der Waals surface area contributed by atoms with Crippen LogP contribution in [0.15, 0.2) is 91.1 Å². The van der Waals surface area contributed by atoms with Crippen molar-refractivity contribution in [1.29, 1.82) is 0 Å². The largest absolute Gasteiger partial charge is 0.507 e. The van der Waals surface area contributed by atoms with Crippen molar-refractivity contribution in [3.8, 4) is 62.4 Å². The molecule has 0 radical (unpaired) electrons. The maximum Gasteiger partial charge on any atom is 0.246 e. The Labute approximate surface area is 341 Å². The molecule has 1 N–H and O–H groups in total. The summed E-state index contributed by atoms with van der Waals surface area (Å²) in [5.74, 6) is 2.22. The monoisotopic (exact) mass is 759 g/mol. The zero-order valence-electron chi connectivity index (χ0n) is 36.9. The van der Waals surface area contributed by atoms with Crippen molar-refractivity contribution < 1.29 is 9.84 Å². The highest BCUT2D eigenvalue weighted by molar-refractivity contribution is 5.84. The van der Waals surface area contributed by atoms with Crippen molar-refractivity contribution in [3.05, 3.63) is 125 Å². The molecule has 3 heterocycles. The number of hydrogen-bond acceptors (Lipinski definition) is 4. The number of nitrogens with zero attached hydrogens (tertiary/aromatic N) is 3. The van der Waals surface area contributed by atoms with Gasteiger partial charge in [0.05, 0.1) is 16.8 Å². The van der Waals surface area contributed by atoms with E-state index in [9.17, 15) is 5.11 Å². The first-order valence-corrected chi connectivity index (χ1v) is 20.4. The van der Waals surface area contributed by atoms with Crippen LogP contribution in [0.4, 0.5) is 0 Å². The zero-order valence-corrected chi connectivity index (χ0v) is 36.9. The number of hydrogen-bond donors (Lipinski definition) is 1. The topological polar surface area (TPSA) is 60.2 Å². The molecule has 5 nitrogen and oxygen atoms in total. The number of benzene rings is 4. The Morgan fingerprint density at radius 1 is 0.632 bits per heavy atom. The summed E-state index contributed by atoms with van der Waals surface area (Å²) in [6.45, 7) is 33.6. The van der Waals surface area contributed by atoms with E-state index < -0.39 is 11.0 Å². The van der Waals surface area contributed by atoms with Crippen LogP contribution in [0.2, 0.25) is 0 Å². The lowest BCUT2D eigenvalue weighted by atomic mass is 9.61. The number of phenolic OH excluding ortho intramolecular Hbond substituents is 1. The van der Waals surface area contributed by atoms with Gasteiger partial charge in [-0.15, -0.1) is 0 Å². The average molecular weight is 760 g/mol. The van der Waals surface area contributed by atoms with Crippen molar-refractivity contribution >= 4 is 0 Å². The molecule has 0 saturated heterocycles. The minimum Gasteiger partial charge on any atom is -0.507 e. The Bertz CT molecular complexity index is 2490. The molecule has 6 aromatic rings. The second-order valence-corrected chi connectivity index (χ2v) is 20.3. The molecule has 0 atom stereocenters. The molecular formula is C52H61N3O2. The molecule has 57 heavy (non-hydrogen) atoms. The first-order valence-electron chi connectivity index (χ1n) is 20.4. The second-order valence-electron chi connectivity index (χ2n) is 20.3. The Morgan fingerprint density at radius 2 is 1.26 bits per heavy atom.